The van der Waals surface area contributed by atoms with Gasteiger partial charge in [0, 0.05) is 13.1 Å². The molecular formula is C24H30N2O5S. The SMILES string of the molecule is C[C@H]1[C@H](C)CCC[C@H]1NC(=O)COC(=O)c1cccc(S(=O)(=O)N(C)c2ccccc2)c1. The molecule has 1 fully saturated rings. The molecule has 0 heterocycles. The molecule has 0 aromatic heterocycles. The monoisotopic (exact) mass is 458 g/mol. The van der Waals surface area contributed by atoms with Gasteiger partial charge in [-0.05, 0) is 48.6 Å². The van der Waals surface area contributed by atoms with Crippen molar-refractivity contribution in [2.45, 2.75) is 44.0 Å². The number of amides is 1. The van der Waals surface area contributed by atoms with Gasteiger partial charge in [-0.15, -0.1) is 0 Å². The number of hydrogen-bond acceptors (Lipinski definition) is 5. The Hall–Kier alpha value is -2.87. The Morgan fingerprint density at radius 1 is 1.06 bits per heavy atom. The predicted octanol–water partition coefficient (Wildman–Crippen LogP) is 3.61. The van der Waals surface area contributed by atoms with Crippen LogP contribution < -0.4 is 9.62 Å². The van der Waals surface area contributed by atoms with Crippen molar-refractivity contribution in [3.8, 4) is 0 Å². The van der Waals surface area contributed by atoms with Crippen molar-refractivity contribution < 1.29 is 22.7 Å². The molecule has 1 aliphatic rings. The number of nitrogens with one attached hydrogen (secondary N) is 1. The van der Waals surface area contributed by atoms with Crippen molar-refractivity contribution in [3.05, 3.63) is 60.2 Å². The van der Waals surface area contributed by atoms with Gasteiger partial charge in [0.05, 0.1) is 16.1 Å². The molecule has 0 aliphatic heterocycles. The number of esters is 1. The van der Waals surface area contributed by atoms with Crippen LogP contribution >= 0.6 is 0 Å². The fraction of sp³-hybridized carbons (Fsp3) is 0.417. The Morgan fingerprint density at radius 2 is 1.78 bits per heavy atom. The van der Waals surface area contributed by atoms with Crippen LogP contribution in [0.2, 0.25) is 0 Å². The largest absolute Gasteiger partial charge is 0.452 e. The van der Waals surface area contributed by atoms with Gasteiger partial charge in [0.2, 0.25) is 0 Å². The number of para-hydroxylation sites is 1. The number of carbonyl (C=O) groups excluding carboxylic acids is 2. The van der Waals surface area contributed by atoms with Crippen LogP contribution in [-0.2, 0) is 19.6 Å². The molecule has 7 nitrogen and oxygen atoms in total. The lowest BCUT2D eigenvalue weighted by Gasteiger charge is -2.34. The normalized spacial score (nSPS) is 20.9. The number of carbonyl (C=O) groups is 2. The molecular weight excluding hydrogens is 428 g/mol. The average molecular weight is 459 g/mol. The number of ether oxygens (including phenoxy) is 1. The molecule has 0 radical (unpaired) electrons. The zero-order valence-electron chi connectivity index (χ0n) is 18.7. The number of hydrogen-bond donors (Lipinski definition) is 1. The summed E-state index contributed by atoms with van der Waals surface area (Å²) in [5, 5.41) is 2.96. The summed E-state index contributed by atoms with van der Waals surface area (Å²) >= 11 is 0. The van der Waals surface area contributed by atoms with Gasteiger partial charge >= 0.3 is 5.97 Å². The lowest BCUT2D eigenvalue weighted by Crippen LogP contribution is -2.45. The summed E-state index contributed by atoms with van der Waals surface area (Å²) in [5.74, 6) is -0.191. The minimum absolute atomic E-state index is 0.0345. The smallest absolute Gasteiger partial charge is 0.338 e. The molecule has 0 spiro atoms. The summed E-state index contributed by atoms with van der Waals surface area (Å²) in [6, 6.07) is 14.4. The minimum Gasteiger partial charge on any atom is -0.452 e. The van der Waals surface area contributed by atoms with Crippen molar-refractivity contribution in [3.63, 3.8) is 0 Å². The van der Waals surface area contributed by atoms with E-state index in [9.17, 15) is 18.0 Å². The van der Waals surface area contributed by atoms with Crippen LogP contribution in [0.3, 0.4) is 0 Å². The maximum atomic E-state index is 13.0. The molecule has 8 heteroatoms. The zero-order valence-corrected chi connectivity index (χ0v) is 19.5. The maximum absolute atomic E-state index is 13.0. The Bertz CT molecular complexity index is 1060. The first-order valence-electron chi connectivity index (χ1n) is 10.8. The lowest BCUT2D eigenvalue weighted by atomic mass is 9.78. The highest BCUT2D eigenvalue weighted by atomic mass is 32.2. The Labute approximate surface area is 189 Å². The topological polar surface area (TPSA) is 92.8 Å². The summed E-state index contributed by atoms with van der Waals surface area (Å²) < 4.78 is 32.2. The fourth-order valence-electron chi connectivity index (χ4n) is 3.97. The molecule has 32 heavy (non-hydrogen) atoms. The molecule has 1 amide bonds. The van der Waals surface area contributed by atoms with Gasteiger partial charge in [-0.25, -0.2) is 13.2 Å². The highest BCUT2D eigenvalue weighted by Gasteiger charge is 2.28. The molecule has 0 unspecified atom stereocenters. The molecule has 0 bridgehead atoms. The first-order valence-corrected chi connectivity index (χ1v) is 12.2. The van der Waals surface area contributed by atoms with Crippen LogP contribution in [0.5, 0.6) is 0 Å². The summed E-state index contributed by atoms with van der Waals surface area (Å²) in [5.41, 5.74) is 0.573. The first-order chi connectivity index (χ1) is 15.2. The van der Waals surface area contributed by atoms with Crippen molar-refractivity contribution >= 4 is 27.6 Å². The summed E-state index contributed by atoms with van der Waals surface area (Å²) in [6.07, 6.45) is 3.14. The molecule has 172 valence electrons. The van der Waals surface area contributed by atoms with E-state index in [1.165, 1.54) is 31.3 Å². The van der Waals surface area contributed by atoms with E-state index in [2.05, 4.69) is 19.2 Å². The molecule has 2 aromatic rings. The number of rotatable bonds is 7. The van der Waals surface area contributed by atoms with Crippen LogP contribution in [-0.4, -0.2) is 40.0 Å². The second-order valence-electron chi connectivity index (χ2n) is 8.35. The van der Waals surface area contributed by atoms with Crippen molar-refractivity contribution in [1.29, 1.82) is 0 Å². The highest BCUT2D eigenvalue weighted by Crippen LogP contribution is 2.29. The summed E-state index contributed by atoms with van der Waals surface area (Å²) in [6.45, 7) is 3.90. The molecule has 1 saturated carbocycles. The van der Waals surface area contributed by atoms with Gasteiger partial charge in [-0.1, -0.05) is 51.0 Å². The average Bonchev–Trinajstić information content (AvgIpc) is 2.80. The van der Waals surface area contributed by atoms with Gasteiger partial charge in [-0.2, -0.15) is 0 Å². The lowest BCUT2D eigenvalue weighted by molar-refractivity contribution is -0.125. The van der Waals surface area contributed by atoms with E-state index in [4.69, 9.17) is 4.74 Å². The van der Waals surface area contributed by atoms with Crippen molar-refractivity contribution in [2.24, 2.45) is 11.8 Å². The molecule has 3 rings (SSSR count). The van der Waals surface area contributed by atoms with Gasteiger partial charge in [-0.3, -0.25) is 9.10 Å². The van der Waals surface area contributed by atoms with E-state index < -0.39 is 22.6 Å². The summed E-state index contributed by atoms with van der Waals surface area (Å²) in [4.78, 5) is 24.7. The molecule has 1 aliphatic carbocycles. The second-order valence-corrected chi connectivity index (χ2v) is 10.3. The fourth-order valence-corrected chi connectivity index (χ4v) is 5.21. The van der Waals surface area contributed by atoms with Crippen LogP contribution in [0.1, 0.15) is 43.5 Å². The Kier molecular flexibility index (Phi) is 7.56. The molecule has 0 saturated heterocycles. The van der Waals surface area contributed by atoms with E-state index in [-0.39, 0.29) is 22.4 Å². The Balaban J connectivity index is 1.63. The predicted molar refractivity (Wildman–Crippen MR) is 123 cm³/mol. The van der Waals surface area contributed by atoms with Crippen LogP contribution in [0, 0.1) is 11.8 Å². The number of benzene rings is 2. The van der Waals surface area contributed by atoms with E-state index in [1.54, 1.807) is 30.3 Å². The van der Waals surface area contributed by atoms with Gasteiger partial charge in [0.15, 0.2) is 6.61 Å². The highest BCUT2D eigenvalue weighted by molar-refractivity contribution is 7.92. The van der Waals surface area contributed by atoms with E-state index in [1.807, 2.05) is 0 Å². The molecule has 2 aromatic carbocycles. The number of nitrogens with zero attached hydrogens (tertiary/aromatic N) is 1. The van der Waals surface area contributed by atoms with Crippen LogP contribution in [0.25, 0.3) is 0 Å². The third-order valence-electron chi connectivity index (χ3n) is 6.24. The first kappa shape index (κ1) is 23.8. The maximum Gasteiger partial charge on any atom is 0.338 e. The van der Waals surface area contributed by atoms with E-state index in [0.717, 1.165) is 23.6 Å². The quantitative estimate of drug-likeness (QED) is 0.640. The number of sulfonamides is 1. The van der Waals surface area contributed by atoms with E-state index >= 15 is 0 Å². The minimum atomic E-state index is -3.86. The van der Waals surface area contributed by atoms with Crippen LogP contribution in [0.15, 0.2) is 59.5 Å². The second kappa shape index (κ2) is 10.2. The third-order valence-corrected chi connectivity index (χ3v) is 8.02. The van der Waals surface area contributed by atoms with Crippen molar-refractivity contribution in [2.75, 3.05) is 18.0 Å². The third kappa shape index (κ3) is 5.48. The molecule has 3 atom stereocenters. The van der Waals surface area contributed by atoms with E-state index in [0.29, 0.717) is 17.5 Å². The van der Waals surface area contributed by atoms with Gasteiger partial charge in [0.25, 0.3) is 15.9 Å². The van der Waals surface area contributed by atoms with Crippen molar-refractivity contribution in [1.82, 2.24) is 5.32 Å². The van der Waals surface area contributed by atoms with Gasteiger partial charge < -0.3 is 10.1 Å². The standard InChI is InChI=1S/C24H30N2O5S/c1-17-9-7-14-22(18(17)2)25-23(27)16-31-24(28)19-10-8-13-21(15-19)32(29,30)26(3)20-11-5-4-6-12-20/h4-6,8,10-13,15,17-18,22H,7,9,14,16H2,1-3H3,(H,25,27)/t17-,18+,22-/m1/s1. The molecule has 1 N–H and O–H groups in total. The zero-order chi connectivity index (χ0) is 23.3. The Morgan fingerprint density at radius 3 is 2.50 bits per heavy atom. The van der Waals surface area contributed by atoms with Crippen LogP contribution in [0.4, 0.5) is 5.69 Å². The number of anilines is 1. The summed E-state index contributed by atoms with van der Waals surface area (Å²) in [7, 11) is -2.41. The van der Waals surface area contributed by atoms with Gasteiger partial charge in [0.1, 0.15) is 0 Å².